The van der Waals surface area contributed by atoms with Crippen molar-refractivity contribution in [3.8, 4) is 0 Å². The largest absolute Gasteiger partial charge is 0.478 e. The second-order valence-electron chi connectivity index (χ2n) is 4.04. The Kier molecular flexibility index (Phi) is 4.36. The number of hydrogen-bond donors (Lipinski definition) is 2. The highest BCUT2D eigenvalue weighted by Crippen LogP contribution is 2.23. The first-order chi connectivity index (χ1) is 9.16. The molecule has 1 aromatic heterocycles. The Hall–Kier alpha value is -2.07. The number of anilines is 1. The molecule has 4 nitrogen and oxygen atoms in total. The van der Waals surface area contributed by atoms with Gasteiger partial charge >= 0.3 is 5.97 Å². The number of hydrogen-bond acceptors (Lipinski definition) is 3. The maximum absolute atomic E-state index is 10.8. The van der Waals surface area contributed by atoms with E-state index in [0.717, 1.165) is 17.7 Å². The van der Waals surface area contributed by atoms with Crippen LogP contribution in [0.25, 0.3) is 0 Å². The summed E-state index contributed by atoms with van der Waals surface area (Å²) in [6, 6.07) is 8.54. The van der Waals surface area contributed by atoms with Gasteiger partial charge in [-0.2, -0.15) is 0 Å². The van der Waals surface area contributed by atoms with Crippen molar-refractivity contribution in [3.05, 3.63) is 58.9 Å². The molecule has 1 aromatic carbocycles. The van der Waals surface area contributed by atoms with Crippen LogP contribution in [0.4, 0.5) is 5.69 Å². The highest BCUT2D eigenvalue weighted by atomic mass is 35.5. The van der Waals surface area contributed by atoms with Crippen LogP contribution >= 0.6 is 11.6 Å². The summed E-state index contributed by atoms with van der Waals surface area (Å²) >= 11 is 6.02. The zero-order valence-corrected chi connectivity index (χ0v) is 10.9. The van der Waals surface area contributed by atoms with Crippen molar-refractivity contribution in [1.82, 2.24) is 4.98 Å². The average molecular weight is 277 g/mol. The van der Waals surface area contributed by atoms with Crippen LogP contribution in [0.15, 0.2) is 42.7 Å². The molecule has 19 heavy (non-hydrogen) atoms. The number of nitrogens with one attached hydrogen (secondary N) is 1. The van der Waals surface area contributed by atoms with Gasteiger partial charge in [-0.15, -0.1) is 0 Å². The predicted molar refractivity (Wildman–Crippen MR) is 74.8 cm³/mol. The normalized spacial score (nSPS) is 10.2. The van der Waals surface area contributed by atoms with Gasteiger partial charge in [0.2, 0.25) is 0 Å². The fourth-order valence-corrected chi connectivity index (χ4v) is 1.93. The number of benzene rings is 1. The molecule has 0 aliphatic heterocycles. The van der Waals surface area contributed by atoms with Gasteiger partial charge in [-0.3, -0.25) is 4.98 Å². The van der Waals surface area contributed by atoms with Crippen LogP contribution in [0.2, 0.25) is 5.02 Å². The van der Waals surface area contributed by atoms with Gasteiger partial charge < -0.3 is 10.4 Å². The molecule has 1 heterocycles. The molecule has 0 amide bonds. The van der Waals surface area contributed by atoms with E-state index in [1.807, 2.05) is 18.3 Å². The number of aromatic carboxylic acids is 1. The minimum atomic E-state index is -0.983. The lowest BCUT2D eigenvalue weighted by molar-refractivity contribution is 0.0697. The standard InChI is InChI=1S/C14H13ClN2O2/c15-12-8-11(14(18)19)3-4-13(12)17-7-5-10-2-1-6-16-9-10/h1-4,6,8-9,17H,5,7H2,(H,18,19). The van der Waals surface area contributed by atoms with Gasteiger partial charge in [-0.25, -0.2) is 4.79 Å². The topological polar surface area (TPSA) is 62.2 Å². The van der Waals surface area contributed by atoms with E-state index in [2.05, 4.69) is 10.3 Å². The van der Waals surface area contributed by atoms with E-state index in [1.54, 1.807) is 12.3 Å². The fourth-order valence-electron chi connectivity index (χ4n) is 1.68. The number of pyridine rings is 1. The second-order valence-corrected chi connectivity index (χ2v) is 4.45. The van der Waals surface area contributed by atoms with Crippen molar-refractivity contribution < 1.29 is 9.90 Å². The summed E-state index contributed by atoms with van der Waals surface area (Å²) < 4.78 is 0. The molecule has 0 aliphatic carbocycles. The third-order valence-electron chi connectivity index (χ3n) is 2.67. The van der Waals surface area contributed by atoms with Crippen molar-refractivity contribution >= 4 is 23.3 Å². The van der Waals surface area contributed by atoms with Crippen LogP contribution < -0.4 is 5.32 Å². The minimum absolute atomic E-state index is 0.183. The maximum Gasteiger partial charge on any atom is 0.335 e. The number of rotatable bonds is 5. The Bertz CT molecular complexity index is 573. The van der Waals surface area contributed by atoms with Gasteiger partial charge in [0, 0.05) is 18.9 Å². The molecule has 98 valence electrons. The molecular formula is C14H13ClN2O2. The lowest BCUT2D eigenvalue weighted by Gasteiger charge is -2.08. The summed E-state index contributed by atoms with van der Waals surface area (Å²) in [7, 11) is 0. The van der Waals surface area contributed by atoms with Crippen LogP contribution in [0.3, 0.4) is 0 Å². The average Bonchev–Trinajstić information content (AvgIpc) is 2.41. The highest BCUT2D eigenvalue weighted by Gasteiger charge is 2.06. The number of nitrogens with zero attached hydrogens (tertiary/aromatic N) is 1. The minimum Gasteiger partial charge on any atom is -0.478 e. The number of carboxylic acids is 1. The number of aromatic nitrogens is 1. The molecule has 5 heteroatoms. The molecule has 0 saturated carbocycles. The monoisotopic (exact) mass is 276 g/mol. The molecule has 2 aromatic rings. The first kappa shape index (κ1) is 13.4. The number of carbonyl (C=O) groups is 1. The van der Waals surface area contributed by atoms with Crippen molar-refractivity contribution in [1.29, 1.82) is 0 Å². The van der Waals surface area contributed by atoms with E-state index < -0.39 is 5.97 Å². The molecule has 0 spiro atoms. The molecule has 0 radical (unpaired) electrons. The molecule has 2 N–H and O–H groups in total. The van der Waals surface area contributed by atoms with Crippen LogP contribution in [0.1, 0.15) is 15.9 Å². The Morgan fingerprint density at radius 1 is 1.37 bits per heavy atom. The first-order valence-corrected chi connectivity index (χ1v) is 6.20. The summed E-state index contributed by atoms with van der Waals surface area (Å²) in [5.74, 6) is -0.983. The number of carboxylic acid groups (broad SMARTS) is 1. The second kappa shape index (κ2) is 6.20. The highest BCUT2D eigenvalue weighted by molar-refractivity contribution is 6.33. The molecule has 0 unspecified atom stereocenters. The maximum atomic E-state index is 10.8. The fraction of sp³-hybridized carbons (Fsp3) is 0.143. The zero-order chi connectivity index (χ0) is 13.7. The van der Waals surface area contributed by atoms with Crippen molar-refractivity contribution in [2.75, 3.05) is 11.9 Å². The molecule has 0 bridgehead atoms. The van der Waals surface area contributed by atoms with Gasteiger partial charge in [0.1, 0.15) is 0 Å². The molecule has 0 saturated heterocycles. The van der Waals surface area contributed by atoms with Crippen molar-refractivity contribution in [3.63, 3.8) is 0 Å². The third-order valence-corrected chi connectivity index (χ3v) is 2.98. The van der Waals surface area contributed by atoms with Crippen molar-refractivity contribution in [2.45, 2.75) is 6.42 Å². The third kappa shape index (κ3) is 3.69. The lowest BCUT2D eigenvalue weighted by atomic mass is 10.2. The lowest BCUT2D eigenvalue weighted by Crippen LogP contribution is -2.06. The van der Waals surface area contributed by atoms with Gasteiger partial charge in [0.25, 0.3) is 0 Å². The Morgan fingerprint density at radius 2 is 2.21 bits per heavy atom. The van der Waals surface area contributed by atoms with Gasteiger partial charge in [-0.05, 0) is 36.2 Å². The van der Waals surface area contributed by atoms with E-state index in [0.29, 0.717) is 11.6 Å². The van der Waals surface area contributed by atoms with Crippen LogP contribution in [-0.4, -0.2) is 22.6 Å². The van der Waals surface area contributed by atoms with E-state index >= 15 is 0 Å². The Balaban J connectivity index is 1.95. The van der Waals surface area contributed by atoms with E-state index in [-0.39, 0.29) is 5.56 Å². The van der Waals surface area contributed by atoms with Crippen LogP contribution in [-0.2, 0) is 6.42 Å². The molecule has 2 rings (SSSR count). The first-order valence-electron chi connectivity index (χ1n) is 5.82. The van der Waals surface area contributed by atoms with E-state index in [4.69, 9.17) is 16.7 Å². The Labute approximate surface area is 116 Å². The summed E-state index contributed by atoms with van der Waals surface area (Å²) in [6.07, 6.45) is 4.38. The molecule has 0 atom stereocenters. The van der Waals surface area contributed by atoms with Gasteiger partial charge in [0.05, 0.1) is 16.3 Å². The number of halogens is 1. The Morgan fingerprint density at radius 3 is 2.84 bits per heavy atom. The van der Waals surface area contributed by atoms with Crippen LogP contribution in [0, 0.1) is 0 Å². The SMILES string of the molecule is O=C(O)c1ccc(NCCc2cccnc2)c(Cl)c1. The molecular weight excluding hydrogens is 264 g/mol. The van der Waals surface area contributed by atoms with Gasteiger partial charge in [-0.1, -0.05) is 17.7 Å². The predicted octanol–water partition coefficient (Wildman–Crippen LogP) is 3.09. The quantitative estimate of drug-likeness (QED) is 0.881. The van der Waals surface area contributed by atoms with Crippen LogP contribution in [0.5, 0.6) is 0 Å². The molecule has 0 fully saturated rings. The summed E-state index contributed by atoms with van der Waals surface area (Å²) in [6.45, 7) is 0.706. The summed E-state index contributed by atoms with van der Waals surface area (Å²) in [5.41, 5.74) is 2.05. The van der Waals surface area contributed by atoms with Crippen molar-refractivity contribution in [2.24, 2.45) is 0 Å². The summed E-state index contributed by atoms with van der Waals surface area (Å²) in [4.78, 5) is 14.8. The molecule has 0 aliphatic rings. The van der Waals surface area contributed by atoms with E-state index in [9.17, 15) is 4.79 Å². The zero-order valence-electron chi connectivity index (χ0n) is 10.1. The van der Waals surface area contributed by atoms with Gasteiger partial charge in [0.15, 0.2) is 0 Å². The van der Waals surface area contributed by atoms with E-state index in [1.165, 1.54) is 12.1 Å². The smallest absolute Gasteiger partial charge is 0.335 e. The summed E-state index contributed by atoms with van der Waals surface area (Å²) in [5, 5.41) is 12.4.